The van der Waals surface area contributed by atoms with Crippen LogP contribution in [0.3, 0.4) is 0 Å². The molecule has 0 bridgehead atoms. The van der Waals surface area contributed by atoms with Gasteiger partial charge < -0.3 is 37.2 Å². The molecular weight excluding hydrogens is 508 g/mol. The van der Waals surface area contributed by atoms with E-state index in [4.69, 9.17) is 11.5 Å². The molecule has 9 N–H and O–H groups in total. The summed E-state index contributed by atoms with van der Waals surface area (Å²) < 4.78 is 0. The zero-order valence-corrected chi connectivity index (χ0v) is 22.2. The number of phenolic OH excluding ortho intramolecular Hbond substituents is 1. The molecule has 2 unspecified atom stereocenters. The van der Waals surface area contributed by atoms with Crippen LogP contribution in [0.4, 0.5) is 5.69 Å². The summed E-state index contributed by atoms with van der Waals surface area (Å²) in [5, 5.41) is 47.3. The number of hydrogen-bond acceptors (Lipinski definition) is 10. The third kappa shape index (κ3) is 4.28. The predicted molar refractivity (Wildman–Crippen MR) is 140 cm³/mol. The minimum atomic E-state index is -2.71. The maximum Gasteiger partial charge on any atom is 0.255 e. The van der Waals surface area contributed by atoms with Gasteiger partial charge in [0.1, 0.15) is 22.8 Å². The van der Waals surface area contributed by atoms with Crippen LogP contribution in [0.1, 0.15) is 37.8 Å². The van der Waals surface area contributed by atoms with Gasteiger partial charge >= 0.3 is 0 Å². The lowest BCUT2D eigenvalue weighted by Gasteiger charge is -2.50. The van der Waals surface area contributed by atoms with Crippen LogP contribution >= 0.6 is 0 Å². The first-order chi connectivity index (χ1) is 18.1. The Morgan fingerprint density at radius 3 is 2.38 bits per heavy atom. The average Bonchev–Trinajstić information content (AvgIpc) is 2.82. The smallest absolute Gasteiger partial charge is 0.255 e. The number of carbonyl (C=O) groups excluding carboxylic acids is 4. The van der Waals surface area contributed by atoms with Crippen molar-refractivity contribution < 1.29 is 39.6 Å². The molecule has 2 amide bonds. The van der Waals surface area contributed by atoms with Gasteiger partial charge in [0, 0.05) is 11.5 Å². The van der Waals surface area contributed by atoms with Crippen LogP contribution < -0.4 is 16.8 Å². The van der Waals surface area contributed by atoms with Crippen molar-refractivity contribution in [2.75, 3.05) is 19.4 Å². The van der Waals surface area contributed by atoms with Crippen molar-refractivity contribution in [3.05, 3.63) is 40.2 Å². The number of primary amides is 1. The number of benzene rings is 1. The molecule has 0 saturated heterocycles. The summed E-state index contributed by atoms with van der Waals surface area (Å²) in [6.07, 6.45) is 0.557. The van der Waals surface area contributed by atoms with Gasteiger partial charge in [-0.1, -0.05) is 19.9 Å². The molecule has 0 radical (unpaired) electrons. The van der Waals surface area contributed by atoms with Crippen LogP contribution in [0.5, 0.6) is 5.75 Å². The van der Waals surface area contributed by atoms with Crippen molar-refractivity contribution in [3.8, 4) is 5.75 Å². The molecule has 1 saturated carbocycles. The lowest BCUT2D eigenvalue weighted by Crippen LogP contribution is -2.65. The maximum absolute atomic E-state index is 13.8. The second-order valence-electron chi connectivity index (χ2n) is 11.2. The number of rotatable bonds is 6. The summed E-state index contributed by atoms with van der Waals surface area (Å²) in [6, 6.07) is 1.07. The first kappa shape index (κ1) is 28.3. The van der Waals surface area contributed by atoms with Gasteiger partial charge in [-0.2, -0.15) is 0 Å². The molecule has 5 atom stereocenters. The monoisotopic (exact) mass is 542 g/mol. The lowest BCUT2D eigenvalue weighted by molar-refractivity contribution is -0.153. The van der Waals surface area contributed by atoms with Gasteiger partial charge in [0.05, 0.1) is 23.3 Å². The van der Waals surface area contributed by atoms with Gasteiger partial charge in [-0.25, -0.2) is 0 Å². The maximum atomic E-state index is 13.8. The Kier molecular flexibility index (Phi) is 7.09. The first-order valence-electron chi connectivity index (χ1n) is 12.7. The standard InChI is InChI=1S/C27H34N4O8/c1-10(2)7-14(28)26(38)30-15-6-5-11-8-12-9-13-19(31(3)4)22(34)18(25(29)37)24(36)27(13,39)23(35)17(12)21(33)16(11)20(15)32/h5-6,10,12-14,19,32-33,36,39H,7-9,28H2,1-4H3,(H2,29,37)(H,30,38)/t12?,13?,14-,19-,27-/m0/s1. The molecule has 3 aliphatic rings. The zero-order valence-electron chi connectivity index (χ0n) is 22.2. The van der Waals surface area contributed by atoms with Crippen molar-refractivity contribution >= 4 is 34.8 Å². The summed E-state index contributed by atoms with van der Waals surface area (Å²) in [5.74, 6) is -7.69. The molecule has 39 heavy (non-hydrogen) atoms. The molecule has 4 rings (SSSR count). The molecule has 1 fully saturated rings. The van der Waals surface area contributed by atoms with Crippen molar-refractivity contribution in [2.24, 2.45) is 29.2 Å². The fourth-order valence-corrected chi connectivity index (χ4v) is 6.16. The highest BCUT2D eigenvalue weighted by atomic mass is 16.3. The van der Waals surface area contributed by atoms with E-state index in [9.17, 15) is 39.6 Å². The number of aliphatic hydroxyl groups excluding tert-OH is 2. The number of fused-ring (bicyclic) bond motifs is 3. The summed E-state index contributed by atoms with van der Waals surface area (Å²) in [4.78, 5) is 53.0. The van der Waals surface area contributed by atoms with Crippen molar-refractivity contribution in [1.29, 1.82) is 0 Å². The molecule has 0 spiro atoms. The summed E-state index contributed by atoms with van der Waals surface area (Å²) in [6.45, 7) is 3.82. The Balaban J connectivity index is 1.82. The number of Topliss-reactive ketones (excluding diaryl/α,β-unsaturated/α-hetero) is 2. The summed E-state index contributed by atoms with van der Waals surface area (Å²) >= 11 is 0. The Morgan fingerprint density at radius 2 is 1.82 bits per heavy atom. The van der Waals surface area contributed by atoms with E-state index in [-0.39, 0.29) is 35.6 Å². The van der Waals surface area contributed by atoms with E-state index in [0.717, 1.165) is 0 Å². The van der Waals surface area contributed by atoms with E-state index in [0.29, 0.717) is 12.0 Å². The Bertz CT molecular complexity index is 1350. The highest BCUT2D eigenvalue weighted by molar-refractivity contribution is 6.24. The van der Waals surface area contributed by atoms with Gasteiger partial charge in [-0.3, -0.25) is 24.1 Å². The van der Waals surface area contributed by atoms with Gasteiger partial charge in [-0.05, 0) is 56.8 Å². The molecule has 0 heterocycles. The van der Waals surface area contributed by atoms with Crippen molar-refractivity contribution in [2.45, 2.75) is 50.8 Å². The Morgan fingerprint density at radius 1 is 1.18 bits per heavy atom. The van der Waals surface area contributed by atoms with Gasteiger partial charge in [0.15, 0.2) is 11.4 Å². The van der Waals surface area contributed by atoms with Crippen molar-refractivity contribution in [1.82, 2.24) is 4.90 Å². The normalized spacial score (nSPS) is 27.3. The number of nitrogens with two attached hydrogens (primary N) is 2. The minimum absolute atomic E-state index is 0.00489. The average molecular weight is 543 g/mol. The number of nitrogens with one attached hydrogen (secondary N) is 1. The fourth-order valence-electron chi connectivity index (χ4n) is 6.16. The Labute approximate surface area is 225 Å². The number of ketones is 2. The number of likely N-dealkylation sites (N-methyl/N-ethyl adjacent to an activating group) is 1. The molecule has 12 heteroatoms. The van der Waals surface area contributed by atoms with Crippen LogP contribution in [0.2, 0.25) is 0 Å². The van der Waals surface area contributed by atoms with Crippen LogP contribution in [0.15, 0.2) is 29.0 Å². The van der Waals surface area contributed by atoms with E-state index >= 15 is 0 Å². The molecule has 1 aromatic rings. The first-order valence-corrected chi connectivity index (χ1v) is 12.7. The second kappa shape index (κ2) is 9.78. The predicted octanol–water partition coefficient (Wildman–Crippen LogP) is 0.276. The topological polar surface area (TPSA) is 217 Å². The van der Waals surface area contributed by atoms with Crippen LogP contribution in [-0.2, 0) is 25.6 Å². The SMILES string of the molecule is CC(C)C[C@H](N)C(=O)Nc1ccc2c(c1O)C(O)=C1C(=O)[C@]3(O)C(O)=C(C(N)=O)C(=O)[C@@H](N(C)C)C3CC1C2. The number of phenols is 1. The highest BCUT2D eigenvalue weighted by Gasteiger charge is 2.64. The number of carbonyl (C=O) groups is 4. The minimum Gasteiger partial charge on any atom is -0.508 e. The third-order valence-corrected chi connectivity index (χ3v) is 7.91. The number of anilines is 1. The van der Waals surface area contributed by atoms with Crippen LogP contribution in [0.25, 0.3) is 5.76 Å². The van der Waals surface area contributed by atoms with Crippen LogP contribution in [-0.4, -0.2) is 80.5 Å². The number of aliphatic hydroxyl groups is 3. The molecule has 3 aliphatic carbocycles. The third-order valence-electron chi connectivity index (χ3n) is 7.91. The number of aromatic hydroxyl groups is 1. The van der Waals surface area contributed by atoms with E-state index in [1.807, 2.05) is 13.8 Å². The van der Waals surface area contributed by atoms with Crippen LogP contribution in [0, 0.1) is 17.8 Å². The summed E-state index contributed by atoms with van der Waals surface area (Å²) in [7, 11) is 3.07. The molecule has 210 valence electrons. The fraction of sp³-hybridized carbons (Fsp3) is 0.481. The van der Waals surface area contributed by atoms with Crippen molar-refractivity contribution in [3.63, 3.8) is 0 Å². The van der Waals surface area contributed by atoms with E-state index < -0.39 is 75.7 Å². The zero-order chi connectivity index (χ0) is 29.1. The van der Waals surface area contributed by atoms with E-state index in [1.165, 1.54) is 25.1 Å². The number of nitrogens with zero attached hydrogens (tertiary/aromatic N) is 1. The lowest BCUT2D eigenvalue weighted by atomic mass is 9.57. The largest absolute Gasteiger partial charge is 0.508 e. The highest BCUT2D eigenvalue weighted by Crippen LogP contribution is 2.53. The quantitative estimate of drug-likeness (QED) is 0.192. The molecule has 0 aliphatic heterocycles. The molecule has 1 aromatic carbocycles. The number of hydrogen-bond donors (Lipinski definition) is 7. The molecular formula is C27H34N4O8. The van der Waals surface area contributed by atoms with Gasteiger partial charge in [0.2, 0.25) is 11.7 Å². The summed E-state index contributed by atoms with van der Waals surface area (Å²) in [5.41, 5.74) is 7.75. The van der Waals surface area contributed by atoms with E-state index in [1.54, 1.807) is 6.07 Å². The van der Waals surface area contributed by atoms with Gasteiger partial charge in [-0.15, -0.1) is 0 Å². The van der Waals surface area contributed by atoms with E-state index in [2.05, 4.69) is 5.32 Å². The van der Waals surface area contributed by atoms with Gasteiger partial charge in [0.25, 0.3) is 5.91 Å². The molecule has 0 aromatic heterocycles. The number of amides is 2. The Hall–Kier alpha value is -3.74. The second-order valence-corrected chi connectivity index (χ2v) is 11.2. The molecule has 12 nitrogen and oxygen atoms in total.